The fraction of sp³-hybridized carbons (Fsp3) is 1.00. The molecule has 0 heterocycles. The molecule has 0 rings (SSSR count). The highest BCUT2D eigenvalue weighted by molar-refractivity contribution is 7.86. The average Bonchev–Trinajstić information content (AvgIpc) is 1.79. The molecule has 0 aliphatic rings. The minimum Gasteiger partial charge on any atom is -0.381 e. The van der Waals surface area contributed by atoms with Crippen molar-refractivity contribution in [2.75, 3.05) is 12.8 Å². The van der Waals surface area contributed by atoms with Crippen molar-refractivity contribution in [3.05, 3.63) is 0 Å². The maximum Gasteiger partial charge on any atom is 0.265 e. The van der Waals surface area contributed by atoms with E-state index in [4.69, 9.17) is 8.92 Å². The quantitative estimate of drug-likeness (QED) is 0.490. The molecule has 0 saturated heterocycles. The Morgan fingerprint density at radius 3 is 1.86 bits per heavy atom. The molecule has 0 N–H and O–H groups in total. The summed E-state index contributed by atoms with van der Waals surface area (Å²) in [5, 5.41) is 0. The van der Waals surface area contributed by atoms with Gasteiger partial charge in [0, 0.05) is 6.51 Å². The van der Waals surface area contributed by atoms with Gasteiger partial charge in [0.15, 0.2) is 0 Å². The monoisotopic (exact) mass is 222 g/mol. The van der Waals surface area contributed by atoms with Crippen molar-refractivity contribution >= 4 is 18.0 Å². The molecule has 0 aromatic heterocycles. The summed E-state index contributed by atoms with van der Waals surface area (Å²) < 4.78 is 32.5. The van der Waals surface area contributed by atoms with Crippen molar-refractivity contribution in [3.8, 4) is 0 Å². The van der Waals surface area contributed by atoms with E-state index in [2.05, 4.69) is 0 Å². The summed E-state index contributed by atoms with van der Waals surface area (Å²) in [7, 11) is -1.60. The minimum atomic E-state index is -3.46. The molecule has 0 bridgehead atoms. The van der Waals surface area contributed by atoms with Crippen LogP contribution in [0.25, 0.3) is 0 Å². The Kier molecular flexibility index (Phi) is 4.18. The van der Waals surface area contributed by atoms with E-state index in [-0.39, 0.29) is 0 Å². The first-order chi connectivity index (χ1) is 6.02. The summed E-state index contributed by atoms with van der Waals surface area (Å²) >= 11 is 0. The van der Waals surface area contributed by atoms with Crippen LogP contribution in [0.2, 0.25) is 0 Å². The van der Waals surface area contributed by atoms with Gasteiger partial charge in [-0.05, 0) is 27.7 Å². The highest BCUT2D eigenvalue weighted by Crippen LogP contribution is 2.29. The largest absolute Gasteiger partial charge is 0.381 e. The first kappa shape index (κ1) is 13.9. The molecule has 0 spiro atoms. The maximum absolute atomic E-state index is 11.0. The van der Waals surface area contributed by atoms with Gasteiger partial charge in [0.25, 0.3) is 10.1 Å². The lowest BCUT2D eigenvalue weighted by Gasteiger charge is -2.39. The topological polar surface area (TPSA) is 52.6 Å². The van der Waals surface area contributed by atoms with Gasteiger partial charge in [-0.15, -0.1) is 0 Å². The van der Waals surface area contributed by atoms with Crippen molar-refractivity contribution in [3.63, 3.8) is 0 Å². The zero-order valence-corrected chi connectivity index (χ0v) is 10.6. The summed E-state index contributed by atoms with van der Waals surface area (Å²) in [4.78, 5) is 0. The normalized spacial score (nSPS) is 14.4. The van der Waals surface area contributed by atoms with Crippen LogP contribution in [0.5, 0.6) is 0 Å². The second-order valence-electron chi connectivity index (χ2n) is 4.24. The second-order valence-corrected chi connectivity index (χ2v) is 5.82. The molecule has 0 amide bonds. The van der Waals surface area contributed by atoms with Gasteiger partial charge in [-0.2, -0.15) is 8.42 Å². The molecule has 14 heavy (non-hydrogen) atoms. The van der Waals surface area contributed by atoms with Gasteiger partial charge >= 0.3 is 0 Å². The van der Waals surface area contributed by atoms with E-state index in [0.29, 0.717) is 6.51 Å². The third kappa shape index (κ3) is 3.98. The van der Waals surface area contributed by atoms with Crippen LogP contribution in [-0.4, -0.2) is 40.2 Å². The fourth-order valence-corrected chi connectivity index (χ4v) is 1.97. The van der Waals surface area contributed by atoms with E-state index in [9.17, 15) is 8.42 Å². The maximum atomic E-state index is 11.0. The van der Waals surface area contributed by atoms with E-state index in [0.717, 1.165) is 6.26 Å². The lowest BCUT2D eigenvalue weighted by Crippen LogP contribution is -2.50. The molecule has 0 saturated carbocycles. The predicted octanol–water partition coefficient (Wildman–Crippen LogP) is 0.127. The first-order valence-corrected chi connectivity index (χ1v) is 6.38. The van der Waals surface area contributed by atoms with E-state index in [1.165, 1.54) is 0 Å². The number of ether oxygens (including phenoxy) is 1. The molecule has 0 unspecified atom stereocenters. The first-order valence-electron chi connectivity index (χ1n) is 4.56. The highest BCUT2D eigenvalue weighted by Gasteiger charge is 2.41. The van der Waals surface area contributed by atoms with Gasteiger partial charge in [-0.25, -0.2) is 0 Å². The molecule has 0 aromatic rings. The molecule has 0 aliphatic heterocycles. The Morgan fingerprint density at radius 2 is 1.57 bits per heavy atom. The Morgan fingerprint density at radius 1 is 1.14 bits per heavy atom. The van der Waals surface area contributed by atoms with Crippen LogP contribution in [0.4, 0.5) is 0 Å². The summed E-state index contributed by atoms with van der Waals surface area (Å²) in [6.45, 7) is 7.53. The van der Waals surface area contributed by atoms with Crippen LogP contribution in [-0.2, 0) is 19.0 Å². The van der Waals surface area contributed by atoms with Crippen LogP contribution in [0.1, 0.15) is 27.7 Å². The molecule has 0 aliphatic carbocycles. The van der Waals surface area contributed by atoms with Gasteiger partial charge in [0.1, 0.15) is 13.4 Å². The average molecular weight is 222 g/mol. The summed E-state index contributed by atoms with van der Waals surface area (Å²) in [6, 6.07) is 0. The van der Waals surface area contributed by atoms with Crippen molar-refractivity contribution in [2.45, 2.75) is 38.9 Å². The lowest BCUT2D eigenvalue weighted by molar-refractivity contribution is -0.118. The van der Waals surface area contributed by atoms with Crippen molar-refractivity contribution in [1.29, 1.82) is 0 Å². The zero-order valence-electron chi connectivity index (χ0n) is 9.75. The minimum absolute atomic E-state index is 0.517. The molecule has 4 nitrogen and oxygen atoms in total. The van der Waals surface area contributed by atoms with Crippen molar-refractivity contribution in [2.24, 2.45) is 0 Å². The molecule has 84 valence electrons. The van der Waals surface area contributed by atoms with Gasteiger partial charge in [0.2, 0.25) is 0 Å². The van der Waals surface area contributed by atoms with E-state index in [1.54, 1.807) is 13.8 Å². The zero-order chi connectivity index (χ0) is 11.6. The Balaban J connectivity index is 4.77. The number of hydrogen-bond acceptors (Lipinski definition) is 4. The van der Waals surface area contributed by atoms with Gasteiger partial charge in [0.05, 0.1) is 11.9 Å². The lowest BCUT2D eigenvalue weighted by atomic mass is 9.89. The summed E-state index contributed by atoms with van der Waals surface area (Å²) in [5.74, 6) is 0. The number of rotatable bonds is 5. The molecule has 0 radical (unpaired) electrons. The predicted molar refractivity (Wildman–Crippen MR) is 58.6 cm³/mol. The van der Waals surface area contributed by atoms with Crippen molar-refractivity contribution in [1.82, 2.24) is 0 Å². The standard InChI is InChI=1S/C8H19BO4S/c1-7(2,12-6-9)8(3,4)13-14(5,10)11/h6,9H2,1-5H3. The molecule has 6 heteroatoms. The molecular formula is C8H19BO4S. The van der Waals surface area contributed by atoms with Gasteiger partial charge in [-0.1, -0.05) is 0 Å². The SMILES string of the molecule is BCOC(C)(C)C(C)(C)OS(C)(=O)=O. The third-order valence-electron chi connectivity index (χ3n) is 2.31. The summed E-state index contributed by atoms with van der Waals surface area (Å²) in [6.07, 6.45) is 1.04. The van der Waals surface area contributed by atoms with E-state index in [1.807, 2.05) is 21.7 Å². The van der Waals surface area contributed by atoms with Crippen LogP contribution >= 0.6 is 0 Å². The molecule has 0 fully saturated rings. The Bertz CT molecular complexity index is 282. The number of hydrogen-bond donors (Lipinski definition) is 0. The van der Waals surface area contributed by atoms with Crippen molar-refractivity contribution < 1.29 is 17.3 Å². The van der Waals surface area contributed by atoms with Crippen LogP contribution < -0.4 is 0 Å². The van der Waals surface area contributed by atoms with Crippen LogP contribution in [0, 0.1) is 0 Å². The Hall–Kier alpha value is -0.0651. The van der Waals surface area contributed by atoms with Crippen LogP contribution in [0.15, 0.2) is 0 Å². The van der Waals surface area contributed by atoms with Crippen LogP contribution in [0.3, 0.4) is 0 Å². The van der Waals surface area contributed by atoms with E-state index >= 15 is 0 Å². The van der Waals surface area contributed by atoms with Gasteiger partial charge < -0.3 is 4.74 Å². The third-order valence-corrected chi connectivity index (χ3v) is 3.03. The molecular weight excluding hydrogens is 203 g/mol. The molecule has 0 aromatic carbocycles. The smallest absolute Gasteiger partial charge is 0.265 e. The second kappa shape index (κ2) is 4.20. The Labute approximate surface area is 87.5 Å². The van der Waals surface area contributed by atoms with Gasteiger partial charge in [-0.3, -0.25) is 4.18 Å². The van der Waals surface area contributed by atoms with E-state index < -0.39 is 21.3 Å². The molecule has 0 atom stereocenters. The fourth-order valence-electron chi connectivity index (χ4n) is 1.01. The highest BCUT2D eigenvalue weighted by atomic mass is 32.2. The summed E-state index contributed by atoms with van der Waals surface area (Å²) in [5.41, 5.74) is -1.53.